The second kappa shape index (κ2) is 2.27. The third-order valence-corrected chi connectivity index (χ3v) is 1.74. The second-order valence-corrected chi connectivity index (χ2v) is 2.54. The molecule has 0 saturated heterocycles. The van der Waals surface area contributed by atoms with E-state index in [2.05, 4.69) is 0 Å². The highest BCUT2D eigenvalue weighted by atomic mass is 19.3. The van der Waals surface area contributed by atoms with E-state index in [0.717, 1.165) is 0 Å². The summed E-state index contributed by atoms with van der Waals surface area (Å²) in [7, 11) is 0. The molecule has 0 aromatic heterocycles. The Bertz CT molecular complexity index is 172. The molecule has 2 unspecified atom stereocenters. The molecule has 7 heteroatoms. The van der Waals surface area contributed by atoms with Gasteiger partial charge in [-0.15, -0.1) is 0 Å². The molecular weight excluding hydrogens is 190 g/mol. The van der Waals surface area contributed by atoms with Crippen molar-refractivity contribution in [2.75, 3.05) is 0 Å². The van der Waals surface area contributed by atoms with Gasteiger partial charge in [0.1, 0.15) is 6.10 Å². The van der Waals surface area contributed by atoms with Crippen LogP contribution in [0.2, 0.25) is 0 Å². The molecular formula is C5H4F6O. The van der Waals surface area contributed by atoms with Gasteiger partial charge in [0.05, 0.1) is 0 Å². The predicted octanol–water partition coefficient (Wildman–Crippen LogP) is 1.31. The monoisotopic (exact) mass is 194 g/mol. The Labute approximate surface area is 63.0 Å². The lowest BCUT2D eigenvalue weighted by Crippen LogP contribution is -2.44. The zero-order chi connectivity index (χ0) is 9.73. The highest BCUT2D eigenvalue weighted by Crippen LogP contribution is 2.50. The fourth-order valence-electron chi connectivity index (χ4n) is 0.945. The van der Waals surface area contributed by atoms with Crippen LogP contribution in [0.1, 0.15) is 0 Å². The molecule has 1 aliphatic carbocycles. The molecule has 72 valence electrons. The van der Waals surface area contributed by atoms with Gasteiger partial charge in [-0.05, 0) is 0 Å². The van der Waals surface area contributed by atoms with Crippen LogP contribution in [-0.4, -0.2) is 35.4 Å². The van der Waals surface area contributed by atoms with Crippen LogP contribution < -0.4 is 0 Å². The molecule has 1 N–H and O–H groups in total. The number of alkyl halides is 6. The Morgan fingerprint density at radius 2 is 1.08 bits per heavy atom. The van der Waals surface area contributed by atoms with Crippen molar-refractivity contribution in [1.29, 1.82) is 0 Å². The summed E-state index contributed by atoms with van der Waals surface area (Å²) in [6, 6.07) is 0. The van der Waals surface area contributed by atoms with Crippen molar-refractivity contribution >= 4 is 0 Å². The predicted molar refractivity (Wildman–Crippen MR) is 25.7 cm³/mol. The molecule has 1 rings (SSSR count). The molecule has 1 fully saturated rings. The largest absolute Gasteiger partial charge is 0.387 e. The second-order valence-electron chi connectivity index (χ2n) is 2.54. The first kappa shape index (κ1) is 9.63. The molecule has 12 heavy (non-hydrogen) atoms. The molecule has 0 heterocycles. The summed E-state index contributed by atoms with van der Waals surface area (Å²) >= 11 is 0. The summed E-state index contributed by atoms with van der Waals surface area (Å²) in [5.74, 6) is -10.3. The van der Waals surface area contributed by atoms with Crippen molar-refractivity contribution in [2.45, 2.75) is 30.3 Å². The van der Waals surface area contributed by atoms with Crippen molar-refractivity contribution in [2.24, 2.45) is 0 Å². The number of hydrogen-bond donors (Lipinski definition) is 1. The fraction of sp³-hybridized carbons (Fsp3) is 1.00. The molecule has 0 amide bonds. The Kier molecular flexibility index (Phi) is 1.82. The topological polar surface area (TPSA) is 20.2 Å². The van der Waals surface area contributed by atoms with Crippen LogP contribution in [-0.2, 0) is 0 Å². The SMILES string of the molecule is OC1C(F)C(F)(F)C(F)(F)C1F. The lowest BCUT2D eigenvalue weighted by Gasteiger charge is -2.19. The van der Waals surface area contributed by atoms with Crippen LogP contribution in [0.4, 0.5) is 26.3 Å². The van der Waals surface area contributed by atoms with Gasteiger partial charge in [0, 0.05) is 0 Å². The minimum atomic E-state index is -5.13. The van der Waals surface area contributed by atoms with Gasteiger partial charge in [0.25, 0.3) is 0 Å². The van der Waals surface area contributed by atoms with Crippen LogP contribution in [0.15, 0.2) is 0 Å². The maximum absolute atomic E-state index is 12.1. The number of aliphatic hydroxyl groups is 1. The van der Waals surface area contributed by atoms with Crippen molar-refractivity contribution in [3.8, 4) is 0 Å². The third kappa shape index (κ3) is 0.854. The minimum Gasteiger partial charge on any atom is -0.387 e. The van der Waals surface area contributed by atoms with E-state index in [1.807, 2.05) is 0 Å². The first-order chi connectivity index (χ1) is 5.23. The quantitative estimate of drug-likeness (QED) is 0.576. The van der Waals surface area contributed by atoms with Crippen molar-refractivity contribution < 1.29 is 31.4 Å². The van der Waals surface area contributed by atoms with Crippen LogP contribution in [0, 0.1) is 0 Å². The summed E-state index contributed by atoms with van der Waals surface area (Å²) in [4.78, 5) is 0. The van der Waals surface area contributed by atoms with Gasteiger partial charge in [-0.25, -0.2) is 8.78 Å². The lowest BCUT2D eigenvalue weighted by molar-refractivity contribution is -0.223. The maximum Gasteiger partial charge on any atom is 0.346 e. The first-order valence-corrected chi connectivity index (χ1v) is 2.94. The van der Waals surface area contributed by atoms with Gasteiger partial charge in [-0.3, -0.25) is 0 Å². The highest BCUT2D eigenvalue weighted by Gasteiger charge is 2.76. The van der Waals surface area contributed by atoms with Gasteiger partial charge in [-0.2, -0.15) is 17.6 Å². The molecule has 1 aliphatic rings. The van der Waals surface area contributed by atoms with Gasteiger partial charge in [0.2, 0.25) is 0 Å². The summed E-state index contributed by atoms with van der Waals surface area (Å²) in [5.41, 5.74) is 0. The number of halogens is 6. The van der Waals surface area contributed by atoms with Gasteiger partial charge < -0.3 is 5.11 Å². The smallest absolute Gasteiger partial charge is 0.346 e. The molecule has 0 spiro atoms. The van der Waals surface area contributed by atoms with Crippen LogP contribution >= 0.6 is 0 Å². The van der Waals surface area contributed by atoms with E-state index in [-0.39, 0.29) is 0 Å². The van der Waals surface area contributed by atoms with Crippen molar-refractivity contribution in [1.82, 2.24) is 0 Å². The molecule has 0 aromatic carbocycles. The van der Waals surface area contributed by atoms with E-state index in [9.17, 15) is 26.3 Å². The average Bonchev–Trinajstić information content (AvgIpc) is 2.05. The maximum atomic E-state index is 12.1. The van der Waals surface area contributed by atoms with Crippen LogP contribution in [0.5, 0.6) is 0 Å². The van der Waals surface area contributed by atoms with E-state index in [0.29, 0.717) is 0 Å². The Morgan fingerprint density at radius 3 is 1.17 bits per heavy atom. The lowest BCUT2D eigenvalue weighted by atomic mass is 10.2. The number of hydrogen-bond acceptors (Lipinski definition) is 1. The zero-order valence-corrected chi connectivity index (χ0v) is 5.45. The molecule has 0 bridgehead atoms. The van der Waals surface area contributed by atoms with Gasteiger partial charge in [0.15, 0.2) is 12.3 Å². The minimum absolute atomic E-state index is 2.96. The molecule has 1 saturated carbocycles. The van der Waals surface area contributed by atoms with Crippen LogP contribution in [0.3, 0.4) is 0 Å². The number of aliphatic hydroxyl groups excluding tert-OH is 1. The van der Waals surface area contributed by atoms with Crippen LogP contribution in [0.25, 0.3) is 0 Å². The van der Waals surface area contributed by atoms with E-state index in [1.165, 1.54) is 0 Å². The van der Waals surface area contributed by atoms with Crippen molar-refractivity contribution in [3.05, 3.63) is 0 Å². The molecule has 0 aromatic rings. The third-order valence-electron chi connectivity index (χ3n) is 1.74. The van der Waals surface area contributed by atoms with E-state index in [4.69, 9.17) is 5.11 Å². The standard InChI is InChI=1S/C5H4F6O/c6-2-1(12)3(7)5(10,11)4(2,8)9/h1-3,12H. The fourth-order valence-corrected chi connectivity index (χ4v) is 0.945. The van der Waals surface area contributed by atoms with Gasteiger partial charge in [-0.1, -0.05) is 0 Å². The van der Waals surface area contributed by atoms with Gasteiger partial charge >= 0.3 is 11.8 Å². The Morgan fingerprint density at radius 1 is 0.833 bits per heavy atom. The zero-order valence-electron chi connectivity index (χ0n) is 5.45. The Balaban J connectivity index is 3.06. The van der Waals surface area contributed by atoms with E-state index in [1.54, 1.807) is 0 Å². The average molecular weight is 194 g/mol. The van der Waals surface area contributed by atoms with Crippen molar-refractivity contribution in [3.63, 3.8) is 0 Å². The molecule has 1 nitrogen and oxygen atoms in total. The summed E-state index contributed by atoms with van der Waals surface area (Å²) in [5, 5.41) is 8.23. The normalized spacial score (nSPS) is 44.8. The van der Waals surface area contributed by atoms with E-state index < -0.39 is 30.3 Å². The summed E-state index contributed by atoms with van der Waals surface area (Å²) < 4.78 is 72.6. The molecule has 0 radical (unpaired) electrons. The number of rotatable bonds is 0. The molecule has 2 atom stereocenters. The Hall–Kier alpha value is -0.460. The summed E-state index contributed by atoms with van der Waals surface area (Å²) in [6.07, 6.45) is -10.1. The van der Waals surface area contributed by atoms with E-state index >= 15 is 0 Å². The summed E-state index contributed by atoms with van der Waals surface area (Å²) in [6.45, 7) is 0. The molecule has 0 aliphatic heterocycles. The highest BCUT2D eigenvalue weighted by molar-refractivity contribution is 5.10. The first-order valence-electron chi connectivity index (χ1n) is 2.94.